The summed E-state index contributed by atoms with van der Waals surface area (Å²) in [5.41, 5.74) is 0.597. The van der Waals surface area contributed by atoms with Gasteiger partial charge < -0.3 is 20.4 Å². The Hall–Kier alpha value is -0.930. The van der Waals surface area contributed by atoms with Gasteiger partial charge in [-0.1, -0.05) is 0 Å². The number of hydrogen-bond donors (Lipinski definition) is 2. The standard InChI is InChI=1S/C18H25F3N4O.3ClH/c1-24-7-9-25(10-8-24)16-5-4-14(18(19,20)21)11-13(16)12-23-17(26)15-3-2-6-22-15;;;/h4-5,11,15,22H,2-3,6-10,12H2,1H3,(H,23,26);3*1H. The molecule has 2 saturated heterocycles. The van der Waals surface area contributed by atoms with E-state index in [1.54, 1.807) is 0 Å². The predicted octanol–water partition coefficient (Wildman–Crippen LogP) is 3.09. The lowest BCUT2D eigenvalue weighted by Crippen LogP contribution is -2.45. The fourth-order valence-electron chi connectivity index (χ4n) is 3.47. The molecule has 29 heavy (non-hydrogen) atoms. The van der Waals surface area contributed by atoms with E-state index in [2.05, 4.69) is 20.4 Å². The molecule has 0 aliphatic carbocycles. The van der Waals surface area contributed by atoms with Crippen molar-refractivity contribution >= 4 is 48.8 Å². The number of benzene rings is 1. The highest BCUT2D eigenvalue weighted by Gasteiger charge is 2.32. The molecule has 0 aromatic heterocycles. The van der Waals surface area contributed by atoms with Crippen LogP contribution in [0.5, 0.6) is 0 Å². The molecular formula is C18H28Cl3F3N4O. The number of nitrogens with one attached hydrogen (secondary N) is 2. The Morgan fingerprint density at radius 1 is 1.17 bits per heavy atom. The summed E-state index contributed by atoms with van der Waals surface area (Å²) in [7, 11) is 2.03. The van der Waals surface area contributed by atoms with Crippen molar-refractivity contribution in [1.82, 2.24) is 15.5 Å². The molecule has 168 valence electrons. The van der Waals surface area contributed by atoms with E-state index in [-0.39, 0.29) is 55.7 Å². The Bertz CT molecular complexity index is 650. The van der Waals surface area contributed by atoms with Gasteiger partial charge in [-0.2, -0.15) is 13.2 Å². The van der Waals surface area contributed by atoms with Crippen molar-refractivity contribution < 1.29 is 18.0 Å². The van der Waals surface area contributed by atoms with Gasteiger partial charge in [0.2, 0.25) is 5.91 Å². The number of rotatable bonds is 4. The van der Waals surface area contributed by atoms with Gasteiger partial charge in [0.05, 0.1) is 11.6 Å². The maximum atomic E-state index is 13.1. The Labute approximate surface area is 188 Å². The molecule has 2 aliphatic rings. The molecule has 2 aliphatic heterocycles. The van der Waals surface area contributed by atoms with Crippen molar-refractivity contribution in [1.29, 1.82) is 0 Å². The molecule has 2 heterocycles. The highest BCUT2D eigenvalue weighted by molar-refractivity contribution is 5.86. The van der Waals surface area contributed by atoms with Crippen molar-refractivity contribution in [2.24, 2.45) is 0 Å². The predicted molar refractivity (Wildman–Crippen MR) is 116 cm³/mol. The lowest BCUT2D eigenvalue weighted by molar-refractivity contribution is -0.137. The number of carbonyl (C=O) groups excluding carboxylic acids is 1. The molecule has 1 aromatic carbocycles. The molecule has 1 atom stereocenters. The molecule has 0 spiro atoms. The quantitative estimate of drug-likeness (QED) is 0.697. The van der Waals surface area contributed by atoms with E-state index in [0.717, 1.165) is 63.4 Å². The van der Waals surface area contributed by atoms with Crippen LogP contribution in [0.15, 0.2) is 18.2 Å². The summed E-state index contributed by atoms with van der Waals surface area (Å²) in [5.74, 6) is -0.149. The summed E-state index contributed by atoms with van der Waals surface area (Å²) in [5, 5.41) is 5.91. The first kappa shape index (κ1) is 28.1. The minimum absolute atomic E-state index is 0. The number of likely N-dealkylation sites (N-methyl/N-ethyl adjacent to an activating group) is 1. The largest absolute Gasteiger partial charge is 0.416 e. The van der Waals surface area contributed by atoms with Crippen LogP contribution in [0.2, 0.25) is 0 Å². The third-order valence-corrected chi connectivity index (χ3v) is 5.08. The van der Waals surface area contributed by atoms with Crippen LogP contribution >= 0.6 is 37.2 Å². The monoisotopic (exact) mass is 478 g/mol. The van der Waals surface area contributed by atoms with Gasteiger partial charge in [0.25, 0.3) is 0 Å². The average Bonchev–Trinajstić information content (AvgIpc) is 3.14. The van der Waals surface area contributed by atoms with E-state index in [9.17, 15) is 18.0 Å². The first-order chi connectivity index (χ1) is 12.3. The lowest BCUT2D eigenvalue weighted by Gasteiger charge is -2.35. The molecule has 1 aromatic rings. The van der Waals surface area contributed by atoms with Crippen LogP contribution in [-0.2, 0) is 17.5 Å². The van der Waals surface area contributed by atoms with Gasteiger partial charge in [-0.15, -0.1) is 37.2 Å². The molecule has 0 radical (unpaired) electrons. The molecular weight excluding hydrogens is 452 g/mol. The molecule has 2 N–H and O–H groups in total. The highest BCUT2D eigenvalue weighted by Crippen LogP contribution is 2.33. The summed E-state index contributed by atoms with van der Waals surface area (Å²) in [6.45, 7) is 4.13. The zero-order valence-electron chi connectivity index (χ0n) is 16.1. The van der Waals surface area contributed by atoms with Gasteiger partial charge in [0.15, 0.2) is 0 Å². The minimum Gasteiger partial charge on any atom is -0.369 e. The van der Waals surface area contributed by atoms with Crippen LogP contribution in [0.4, 0.5) is 18.9 Å². The van der Waals surface area contributed by atoms with Gasteiger partial charge in [0, 0.05) is 38.4 Å². The number of alkyl halides is 3. The summed E-state index contributed by atoms with van der Waals surface area (Å²) in [6.07, 6.45) is -2.69. The number of nitrogens with zero attached hydrogens (tertiary/aromatic N) is 2. The van der Waals surface area contributed by atoms with Crippen LogP contribution < -0.4 is 15.5 Å². The third kappa shape index (κ3) is 7.36. The van der Waals surface area contributed by atoms with E-state index in [0.29, 0.717) is 5.56 Å². The van der Waals surface area contributed by atoms with Crippen molar-refractivity contribution in [3.05, 3.63) is 29.3 Å². The average molecular weight is 480 g/mol. The Morgan fingerprint density at radius 3 is 2.38 bits per heavy atom. The van der Waals surface area contributed by atoms with Gasteiger partial charge in [0.1, 0.15) is 0 Å². The van der Waals surface area contributed by atoms with Crippen LogP contribution in [0.1, 0.15) is 24.0 Å². The third-order valence-electron chi connectivity index (χ3n) is 5.08. The van der Waals surface area contributed by atoms with Crippen molar-refractivity contribution in [2.45, 2.75) is 31.6 Å². The van der Waals surface area contributed by atoms with E-state index in [1.165, 1.54) is 6.07 Å². The van der Waals surface area contributed by atoms with Crippen molar-refractivity contribution in [2.75, 3.05) is 44.7 Å². The van der Waals surface area contributed by atoms with Crippen LogP contribution in [0, 0.1) is 0 Å². The number of anilines is 1. The van der Waals surface area contributed by atoms with Crippen molar-refractivity contribution in [3.8, 4) is 0 Å². The first-order valence-electron chi connectivity index (χ1n) is 8.99. The molecule has 1 unspecified atom stereocenters. The number of hydrogen-bond acceptors (Lipinski definition) is 4. The van der Waals surface area contributed by atoms with E-state index < -0.39 is 11.7 Å². The molecule has 2 fully saturated rings. The summed E-state index contributed by atoms with van der Waals surface area (Å²) in [4.78, 5) is 16.5. The van der Waals surface area contributed by atoms with Crippen molar-refractivity contribution in [3.63, 3.8) is 0 Å². The second kappa shape index (κ2) is 12.1. The zero-order chi connectivity index (χ0) is 18.7. The second-order valence-electron chi connectivity index (χ2n) is 7.00. The smallest absolute Gasteiger partial charge is 0.369 e. The zero-order valence-corrected chi connectivity index (χ0v) is 18.6. The van der Waals surface area contributed by atoms with Gasteiger partial charge in [-0.05, 0) is 50.2 Å². The van der Waals surface area contributed by atoms with E-state index >= 15 is 0 Å². The van der Waals surface area contributed by atoms with E-state index in [1.807, 2.05) is 7.05 Å². The van der Waals surface area contributed by atoms with Gasteiger partial charge in [-0.3, -0.25) is 4.79 Å². The summed E-state index contributed by atoms with van der Waals surface area (Å²) in [6, 6.07) is 3.57. The van der Waals surface area contributed by atoms with Gasteiger partial charge in [-0.25, -0.2) is 0 Å². The molecule has 5 nitrogen and oxygen atoms in total. The first-order valence-corrected chi connectivity index (χ1v) is 8.99. The van der Waals surface area contributed by atoms with E-state index in [4.69, 9.17) is 0 Å². The SMILES string of the molecule is CN1CCN(c2ccc(C(F)(F)F)cc2CNC(=O)C2CCCN2)CC1.Cl.Cl.Cl. The maximum absolute atomic E-state index is 13.1. The normalized spacial score (nSPS) is 19.6. The van der Waals surface area contributed by atoms with Crippen LogP contribution in [0.3, 0.4) is 0 Å². The Balaban J connectivity index is 0.00000261. The number of piperazine rings is 1. The second-order valence-corrected chi connectivity index (χ2v) is 7.00. The summed E-state index contributed by atoms with van der Waals surface area (Å²) < 4.78 is 39.4. The topological polar surface area (TPSA) is 47.6 Å². The Morgan fingerprint density at radius 2 is 1.83 bits per heavy atom. The van der Waals surface area contributed by atoms with Gasteiger partial charge >= 0.3 is 6.18 Å². The van der Waals surface area contributed by atoms with Crippen LogP contribution in [0.25, 0.3) is 0 Å². The molecule has 0 bridgehead atoms. The number of carbonyl (C=O) groups is 1. The fraction of sp³-hybridized carbons (Fsp3) is 0.611. The number of amides is 1. The van der Waals surface area contributed by atoms with Crippen LogP contribution in [-0.4, -0.2) is 56.6 Å². The molecule has 1 amide bonds. The number of halogens is 6. The molecule has 3 rings (SSSR count). The Kier molecular flexibility index (Phi) is 11.7. The molecule has 0 saturated carbocycles. The lowest BCUT2D eigenvalue weighted by atomic mass is 10.1. The highest BCUT2D eigenvalue weighted by atomic mass is 35.5. The maximum Gasteiger partial charge on any atom is 0.416 e. The summed E-state index contributed by atoms with van der Waals surface area (Å²) >= 11 is 0. The minimum atomic E-state index is -4.40. The molecule has 11 heteroatoms. The fourth-order valence-corrected chi connectivity index (χ4v) is 3.47.